The molecule has 24 heavy (non-hydrogen) atoms. The smallest absolute Gasteiger partial charge is 0.229 e. The van der Waals surface area contributed by atoms with Gasteiger partial charge >= 0.3 is 0 Å². The molecule has 1 saturated heterocycles. The third kappa shape index (κ3) is 3.09. The fraction of sp³-hybridized carbons (Fsp3) is 0.375. The number of ether oxygens (including phenoxy) is 1. The third-order valence-corrected chi connectivity index (χ3v) is 4.20. The summed E-state index contributed by atoms with van der Waals surface area (Å²) in [6, 6.07) is 1.84. The predicted molar refractivity (Wildman–Crippen MR) is 83.8 cm³/mol. The van der Waals surface area contributed by atoms with E-state index in [1.165, 1.54) is 7.11 Å². The molecule has 3 rings (SSSR count). The Kier molecular flexibility index (Phi) is 4.48. The van der Waals surface area contributed by atoms with Crippen LogP contribution >= 0.6 is 0 Å². The molecule has 1 fully saturated rings. The van der Waals surface area contributed by atoms with Crippen molar-refractivity contribution in [2.75, 3.05) is 25.5 Å². The molecule has 0 unspecified atom stereocenters. The van der Waals surface area contributed by atoms with Gasteiger partial charge in [-0.2, -0.15) is 5.10 Å². The molecule has 0 radical (unpaired) electrons. The van der Waals surface area contributed by atoms with E-state index in [9.17, 15) is 13.6 Å². The van der Waals surface area contributed by atoms with Crippen LogP contribution in [0.2, 0.25) is 0 Å². The number of carbonyl (C=O) groups is 1. The molecule has 1 aromatic carbocycles. The van der Waals surface area contributed by atoms with E-state index in [-0.39, 0.29) is 23.3 Å². The van der Waals surface area contributed by atoms with E-state index in [0.717, 1.165) is 17.7 Å². The minimum absolute atomic E-state index is 0.0649. The van der Waals surface area contributed by atoms with E-state index in [1.807, 2.05) is 6.20 Å². The molecule has 1 amide bonds. The maximum Gasteiger partial charge on any atom is 0.229 e. The molecule has 2 N–H and O–H groups in total. The molecular formula is C16H18F2N4O2. The standard InChI is InChI=1S/C16H18F2N4O2/c1-22-8-9(5-20-22)10-6-19-7-11(10)16(23)21-14-3-13(18)15(24-2)4-12(14)17/h3-5,8,10-11,19H,6-7H2,1-2H3,(H,21,23)/t10-,11+/m1/s1. The molecule has 0 spiro atoms. The van der Waals surface area contributed by atoms with E-state index < -0.39 is 17.6 Å². The number of aryl methyl sites for hydroxylation is 1. The van der Waals surface area contributed by atoms with Crippen molar-refractivity contribution in [3.63, 3.8) is 0 Å². The zero-order valence-electron chi connectivity index (χ0n) is 13.3. The number of halogens is 2. The summed E-state index contributed by atoms with van der Waals surface area (Å²) in [7, 11) is 3.05. The number of nitrogens with one attached hydrogen (secondary N) is 2. The minimum Gasteiger partial charge on any atom is -0.494 e. The van der Waals surface area contributed by atoms with Crippen molar-refractivity contribution < 1.29 is 18.3 Å². The number of rotatable bonds is 4. The van der Waals surface area contributed by atoms with E-state index in [4.69, 9.17) is 4.74 Å². The molecule has 1 aromatic heterocycles. The van der Waals surface area contributed by atoms with Gasteiger partial charge in [0.05, 0.1) is 24.9 Å². The molecule has 2 atom stereocenters. The second kappa shape index (κ2) is 6.56. The van der Waals surface area contributed by atoms with E-state index in [0.29, 0.717) is 13.1 Å². The van der Waals surface area contributed by atoms with Crippen molar-refractivity contribution in [1.29, 1.82) is 0 Å². The zero-order valence-corrected chi connectivity index (χ0v) is 13.3. The summed E-state index contributed by atoms with van der Waals surface area (Å²) in [5, 5.41) is 9.75. The van der Waals surface area contributed by atoms with Gasteiger partial charge in [0.25, 0.3) is 0 Å². The van der Waals surface area contributed by atoms with Gasteiger partial charge in [-0.3, -0.25) is 9.48 Å². The predicted octanol–water partition coefficient (Wildman–Crippen LogP) is 1.65. The Balaban J connectivity index is 1.78. The third-order valence-electron chi connectivity index (χ3n) is 4.20. The summed E-state index contributed by atoms with van der Waals surface area (Å²) in [4.78, 5) is 12.5. The Morgan fingerprint density at radius 1 is 1.38 bits per heavy atom. The Morgan fingerprint density at radius 3 is 2.83 bits per heavy atom. The molecule has 0 saturated carbocycles. The number of methoxy groups -OCH3 is 1. The molecule has 128 valence electrons. The van der Waals surface area contributed by atoms with Gasteiger partial charge in [-0.05, 0) is 5.56 Å². The second-order valence-corrected chi connectivity index (χ2v) is 5.77. The number of anilines is 1. The lowest BCUT2D eigenvalue weighted by atomic mass is 9.90. The average Bonchev–Trinajstić information content (AvgIpc) is 3.18. The lowest BCUT2D eigenvalue weighted by molar-refractivity contribution is -0.119. The summed E-state index contributed by atoms with van der Waals surface area (Å²) >= 11 is 0. The van der Waals surface area contributed by atoms with Gasteiger partial charge in [-0.1, -0.05) is 0 Å². The highest BCUT2D eigenvalue weighted by atomic mass is 19.1. The molecule has 2 heterocycles. The molecule has 1 aliphatic rings. The van der Waals surface area contributed by atoms with Crippen LogP contribution in [0.5, 0.6) is 5.75 Å². The highest BCUT2D eigenvalue weighted by molar-refractivity contribution is 5.93. The van der Waals surface area contributed by atoms with Crippen molar-refractivity contribution in [2.24, 2.45) is 13.0 Å². The first-order valence-electron chi connectivity index (χ1n) is 7.52. The van der Waals surface area contributed by atoms with Crippen LogP contribution < -0.4 is 15.4 Å². The fourth-order valence-corrected chi connectivity index (χ4v) is 2.94. The van der Waals surface area contributed by atoms with Gasteiger partial charge in [0, 0.05) is 44.4 Å². The van der Waals surface area contributed by atoms with Crippen LogP contribution in [0.3, 0.4) is 0 Å². The van der Waals surface area contributed by atoms with Crippen LogP contribution in [-0.4, -0.2) is 35.9 Å². The highest BCUT2D eigenvalue weighted by Crippen LogP contribution is 2.30. The lowest BCUT2D eigenvalue weighted by Gasteiger charge is -2.17. The van der Waals surface area contributed by atoms with Crippen LogP contribution in [0, 0.1) is 17.6 Å². The summed E-state index contributed by atoms with van der Waals surface area (Å²) in [6.07, 6.45) is 3.57. The first-order chi connectivity index (χ1) is 11.5. The Morgan fingerprint density at radius 2 is 2.17 bits per heavy atom. The van der Waals surface area contributed by atoms with Gasteiger partial charge in [-0.15, -0.1) is 0 Å². The van der Waals surface area contributed by atoms with Crippen molar-refractivity contribution in [2.45, 2.75) is 5.92 Å². The maximum absolute atomic E-state index is 14.0. The SMILES string of the molecule is COc1cc(F)c(NC(=O)[C@H]2CNC[C@@H]2c2cnn(C)c2)cc1F. The lowest BCUT2D eigenvalue weighted by Crippen LogP contribution is -2.28. The minimum atomic E-state index is -0.745. The maximum atomic E-state index is 14.0. The van der Waals surface area contributed by atoms with Crippen LogP contribution in [0.25, 0.3) is 0 Å². The largest absolute Gasteiger partial charge is 0.494 e. The number of hydrogen-bond acceptors (Lipinski definition) is 4. The summed E-state index contributed by atoms with van der Waals surface area (Å²) in [5.74, 6) is -2.50. The number of carbonyl (C=O) groups excluding carboxylic acids is 1. The monoisotopic (exact) mass is 336 g/mol. The van der Waals surface area contributed by atoms with Crippen LogP contribution in [-0.2, 0) is 11.8 Å². The topological polar surface area (TPSA) is 68.2 Å². The van der Waals surface area contributed by atoms with E-state index >= 15 is 0 Å². The first-order valence-corrected chi connectivity index (χ1v) is 7.52. The van der Waals surface area contributed by atoms with Crippen molar-refractivity contribution in [3.8, 4) is 5.75 Å². The van der Waals surface area contributed by atoms with E-state index in [1.54, 1.807) is 17.9 Å². The molecule has 1 aliphatic heterocycles. The first kappa shape index (κ1) is 16.4. The molecule has 0 aliphatic carbocycles. The summed E-state index contributed by atoms with van der Waals surface area (Å²) in [5.41, 5.74) is 0.735. The van der Waals surface area contributed by atoms with Gasteiger partial charge in [0.15, 0.2) is 17.4 Å². The van der Waals surface area contributed by atoms with Gasteiger partial charge < -0.3 is 15.4 Å². The zero-order chi connectivity index (χ0) is 17.3. The average molecular weight is 336 g/mol. The van der Waals surface area contributed by atoms with Crippen LogP contribution in [0.15, 0.2) is 24.5 Å². The molecule has 6 nitrogen and oxygen atoms in total. The molecular weight excluding hydrogens is 318 g/mol. The number of hydrogen-bond donors (Lipinski definition) is 2. The number of nitrogens with zero attached hydrogens (tertiary/aromatic N) is 2. The second-order valence-electron chi connectivity index (χ2n) is 5.77. The van der Waals surface area contributed by atoms with Crippen molar-refractivity contribution in [1.82, 2.24) is 15.1 Å². The Hall–Kier alpha value is -2.48. The highest BCUT2D eigenvalue weighted by Gasteiger charge is 2.35. The Bertz CT molecular complexity index is 763. The number of benzene rings is 1. The molecule has 2 aromatic rings. The Labute approximate surface area is 137 Å². The quantitative estimate of drug-likeness (QED) is 0.891. The van der Waals surface area contributed by atoms with Gasteiger partial charge in [-0.25, -0.2) is 8.78 Å². The summed E-state index contributed by atoms with van der Waals surface area (Å²) in [6.45, 7) is 1.09. The van der Waals surface area contributed by atoms with Gasteiger partial charge in [0.2, 0.25) is 5.91 Å². The van der Waals surface area contributed by atoms with Crippen LogP contribution in [0.1, 0.15) is 11.5 Å². The van der Waals surface area contributed by atoms with Crippen LogP contribution in [0.4, 0.5) is 14.5 Å². The van der Waals surface area contributed by atoms with E-state index in [2.05, 4.69) is 15.7 Å². The fourth-order valence-electron chi connectivity index (χ4n) is 2.94. The normalized spacial score (nSPS) is 20.2. The summed E-state index contributed by atoms with van der Waals surface area (Å²) < 4.78 is 34.1. The molecule has 8 heteroatoms. The van der Waals surface area contributed by atoms with Crippen molar-refractivity contribution in [3.05, 3.63) is 41.7 Å². The number of aromatic nitrogens is 2. The molecule has 0 bridgehead atoms. The van der Waals surface area contributed by atoms with Gasteiger partial charge in [0.1, 0.15) is 0 Å². The van der Waals surface area contributed by atoms with Crippen molar-refractivity contribution >= 4 is 11.6 Å². The number of amides is 1.